The van der Waals surface area contributed by atoms with Crippen LogP contribution in [0.25, 0.3) is 0 Å². The molecular formula is C12H15N3O5. The summed E-state index contributed by atoms with van der Waals surface area (Å²) in [6.07, 6.45) is 2.18. The van der Waals surface area contributed by atoms with Crippen molar-refractivity contribution in [1.82, 2.24) is 15.5 Å². The lowest BCUT2D eigenvalue weighted by Gasteiger charge is -2.13. The Labute approximate surface area is 115 Å². The zero-order chi connectivity index (χ0) is 15.1. The number of nitrogens with one attached hydrogen (secondary N) is 2. The molecule has 2 N–H and O–H groups in total. The van der Waals surface area contributed by atoms with Crippen LogP contribution in [0.4, 0.5) is 0 Å². The second-order valence-corrected chi connectivity index (χ2v) is 4.17. The summed E-state index contributed by atoms with van der Waals surface area (Å²) in [5.41, 5.74) is 0. The van der Waals surface area contributed by atoms with Gasteiger partial charge in [0.2, 0.25) is 11.8 Å². The molecule has 0 unspecified atom stereocenters. The molecule has 4 amide bonds. The monoisotopic (exact) mass is 281 g/mol. The van der Waals surface area contributed by atoms with E-state index < -0.39 is 23.6 Å². The third-order valence-corrected chi connectivity index (χ3v) is 2.44. The molecule has 0 spiro atoms. The van der Waals surface area contributed by atoms with E-state index in [1.165, 1.54) is 6.92 Å². The van der Waals surface area contributed by atoms with Gasteiger partial charge in [-0.25, -0.2) is 0 Å². The third kappa shape index (κ3) is 5.01. The van der Waals surface area contributed by atoms with Crippen molar-refractivity contribution in [3.63, 3.8) is 0 Å². The second kappa shape index (κ2) is 7.17. The van der Waals surface area contributed by atoms with Gasteiger partial charge in [0.25, 0.3) is 11.8 Å². The SMILES string of the molecule is CC(=O)CNC(=O)CNC(=O)CCN1C(=O)C=CC1=O. The molecule has 0 saturated heterocycles. The maximum atomic E-state index is 11.4. The maximum Gasteiger partial charge on any atom is 0.253 e. The highest BCUT2D eigenvalue weighted by atomic mass is 16.2. The number of imide groups is 1. The van der Waals surface area contributed by atoms with E-state index in [1.54, 1.807) is 0 Å². The molecule has 1 aliphatic rings. The van der Waals surface area contributed by atoms with E-state index in [1.807, 2.05) is 0 Å². The molecule has 0 aliphatic carbocycles. The van der Waals surface area contributed by atoms with Crippen LogP contribution >= 0.6 is 0 Å². The lowest BCUT2D eigenvalue weighted by atomic mass is 10.3. The van der Waals surface area contributed by atoms with Gasteiger partial charge in [-0.1, -0.05) is 0 Å². The van der Waals surface area contributed by atoms with Crippen molar-refractivity contribution >= 4 is 29.4 Å². The van der Waals surface area contributed by atoms with E-state index in [0.29, 0.717) is 0 Å². The molecule has 0 aromatic heterocycles. The Hall–Kier alpha value is -2.51. The zero-order valence-electron chi connectivity index (χ0n) is 11.0. The van der Waals surface area contributed by atoms with Gasteiger partial charge in [-0.2, -0.15) is 0 Å². The van der Waals surface area contributed by atoms with Crippen molar-refractivity contribution in [3.8, 4) is 0 Å². The Morgan fingerprint density at radius 3 is 2.10 bits per heavy atom. The molecule has 1 heterocycles. The molecule has 0 radical (unpaired) electrons. The summed E-state index contributed by atoms with van der Waals surface area (Å²) in [6, 6.07) is 0. The molecule has 108 valence electrons. The molecule has 0 saturated carbocycles. The highest BCUT2D eigenvalue weighted by Crippen LogP contribution is 2.03. The summed E-state index contributed by atoms with van der Waals surface area (Å²) in [5.74, 6) is -2.05. The Kier molecular flexibility index (Phi) is 5.57. The molecule has 0 aromatic carbocycles. The van der Waals surface area contributed by atoms with Crippen LogP contribution in [0.15, 0.2) is 12.2 Å². The third-order valence-electron chi connectivity index (χ3n) is 2.44. The molecule has 20 heavy (non-hydrogen) atoms. The van der Waals surface area contributed by atoms with Crippen molar-refractivity contribution in [3.05, 3.63) is 12.2 Å². The minimum Gasteiger partial charge on any atom is -0.348 e. The van der Waals surface area contributed by atoms with Crippen molar-refractivity contribution < 1.29 is 24.0 Å². The second-order valence-electron chi connectivity index (χ2n) is 4.17. The van der Waals surface area contributed by atoms with Crippen LogP contribution in [0, 0.1) is 0 Å². The molecular weight excluding hydrogens is 266 g/mol. The summed E-state index contributed by atoms with van der Waals surface area (Å²) in [5, 5.41) is 4.64. The zero-order valence-corrected chi connectivity index (χ0v) is 11.0. The summed E-state index contributed by atoms with van der Waals surface area (Å²) >= 11 is 0. The van der Waals surface area contributed by atoms with Gasteiger partial charge >= 0.3 is 0 Å². The van der Waals surface area contributed by atoms with Crippen LogP contribution in [0.2, 0.25) is 0 Å². The minimum atomic E-state index is -0.483. The molecule has 1 rings (SSSR count). The van der Waals surface area contributed by atoms with E-state index >= 15 is 0 Å². The van der Waals surface area contributed by atoms with Gasteiger partial charge in [-0.15, -0.1) is 0 Å². The number of nitrogens with zero attached hydrogens (tertiary/aromatic N) is 1. The van der Waals surface area contributed by atoms with Crippen LogP contribution in [0.1, 0.15) is 13.3 Å². The lowest BCUT2D eigenvalue weighted by molar-refractivity contribution is -0.137. The first-order valence-corrected chi connectivity index (χ1v) is 5.96. The van der Waals surface area contributed by atoms with Gasteiger partial charge in [-0.3, -0.25) is 28.9 Å². The number of amides is 4. The van der Waals surface area contributed by atoms with Crippen molar-refractivity contribution in [2.24, 2.45) is 0 Å². The molecule has 0 bridgehead atoms. The molecule has 0 aromatic rings. The average molecular weight is 281 g/mol. The molecule has 0 fully saturated rings. The number of carbonyl (C=O) groups is 5. The van der Waals surface area contributed by atoms with Gasteiger partial charge in [0.1, 0.15) is 5.78 Å². The number of ketones is 1. The largest absolute Gasteiger partial charge is 0.348 e. The van der Waals surface area contributed by atoms with Gasteiger partial charge in [0, 0.05) is 25.1 Å². The number of hydrogen-bond acceptors (Lipinski definition) is 5. The first-order chi connectivity index (χ1) is 9.40. The summed E-state index contributed by atoms with van der Waals surface area (Å²) in [6.45, 7) is 0.950. The van der Waals surface area contributed by atoms with E-state index in [9.17, 15) is 24.0 Å². The highest BCUT2D eigenvalue weighted by molar-refractivity contribution is 6.13. The Bertz CT molecular complexity index is 465. The quantitative estimate of drug-likeness (QED) is 0.530. The maximum absolute atomic E-state index is 11.4. The van der Waals surface area contributed by atoms with E-state index in [4.69, 9.17) is 0 Å². The van der Waals surface area contributed by atoms with Crippen molar-refractivity contribution in [2.75, 3.05) is 19.6 Å². The Balaban J connectivity index is 2.21. The molecule has 0 atom stereocenters. The van der Waals surface area contributed by atoms with Gasteiger partial charge in [0.15, 0.2) is 0 Å². The van der Waals surface area contributed by atoms with Crippen LogP contribution in [0.3, 0.4) is 0 Å². The minimum absolute atomic E-state index is 0.0361. The van der Waals surface area contributed by atoms with Crippen LogP contribution in [-0.4, -0.2) is 53.9 Å². The molecule has 1 aliphatic heterocycles. The molecule has 8 heteroatoms. The number of carbonyl (C=O) groups excluding carboxylic acids is 5. The average Bonchev–Trinajstić information content (AvgIpc) is 2.71. The smallest absolute Gasteiger partial charge is 0.253 e. The predicted octanol–water partition coefficient (Wildman–Crippen LogP) is -1.88. The fraction of sp³-hybridized carbons (Fsp3) is 0.417. The Morgan fingerprint density at radius 1 is 1.00 bits per heavy atom. The van der Waals surface area contributed by atoms with Gasteiger partial charge < -0.3 is 10.6 Å². The van der Waals surface area contributed by atoms with Gasteiger partial charge in [-0.05, 0) is 6.92 Å². The summed E-state index contributed by atoms with van der Waals surface area (Å²) in [4.78, 5) is 56.6. The number of rotatable bonds is 7. The number of hydrogen-bond donors (Lipinski definition) is 2. The summed E-state index contributed by atoms with van der Waals surface area (Å²) in [7, 11) is 0. The van der Waals surface area contributed by atoms with Crippen LogP contribution < -0.4 is 10.6 Å². The Morgan fingerprint density at radius 2 is 1.55 bits per heavy atom. The van der Waals surface area contributed by atoms with Gasteiger partial charge in [0.05, 0.1) is 13.1 Å². The van der Waals surface area contributed by atoms with E-state index in [0.717, 1.165) is 17.1 Å². The highest BCUT2D eigenvalue weighted by Gasteiger charge is 2.23. The fourth-order valence-electron chi connectivity index (χ4n) is 1.42. The normalized spacial score (nSPS) is 13.6. The molecule has 8 nitrogen and oxygen atoms in total. The topological polar surface area (TPSA) is 113 Å². The fourth-order valence-corrected chi connectivity index (χ4v) is 1.42. The van der Waals surface area contributed by atoms with E-state index in [2.05, 4.69) is 10.6 Å². The first kappa shape index (κ1) is 15.5. The summed E-state index contributed by atoms with van der Waals surface area (Å²) < 4.78 is 0. The van der Waals surface area contributed by atoms with Crippen LogP contribution in [-0.2, 0) is 24.0 Å². The van der Waals surface area contributed by atoms with Crippen LogP contribution in [0.5, 0.6) is 0 Å². The van der Waals surface area contributed by atoms with E-state index in [-0.39, 0.29) is 31.8 Å². The predicted molar refractivity (Wildman–Crippen MR) is 67.2 cm³/mol. The van der Waals surface area contributed by atoms with Crippen molar-refractivity contribution in [2.45, 2.75) is 13.3 Å². The number of Topliss-reactive ketones (excluding diaryl/α,β-unsaturated/α-hetero) is 1. The lowest BCUT2D eigenvalue weighted by Crippen LogP contribution is -2.40. The van der Waals surface area contributed by atoms with Crippen molar-refractivity contribution in [1.29, 1.82) is 0 Å². The first-order valence-electron chi connectivity index (χ1n) is 5.96. The standard InChI is InChI=1S/C12H15N3O5/c1-8(16)6-13-10(18)7-14-9(17)4-5-15-11(19)2-3-12(15)20/h2-3H,4-7H2,1H3,(H,13,18)(H,14,17).